The van der Waals surface area contributed by atoms with Gasteiger partial charge in [-0.05, 0) is 29.3 Å². The Kier molecular flexibility index (Phi) is 5.16. The lowest BCUT2D eigenvalue weighted by atomic mass is 10.0. The van der Waals surface area contributed by atoms with Crippen LogP contribution in [-0.4, -0.2) is 36.5 Å². The average Bonchev–Trinajstić information content (AvgIpc) is 3.22. The van der Waals surface area contributed by atoms with E-state index >= 15 is 0 Å². The Morgan fingerprint density at radius 1 is 0.862 bits per heavy atom. The minimum atomic E-state index is 0.546. The quantitative estimate of drug-likeness (QED) is 0.514. The Hall–Kier alpha value is -3.80. The Morgan fingerprint density at radius 2 is 1.59 bits per heavy atom. The maximum absolute atomic E-state index is 5.50. The fourth-order valence-electron chi connectivity index (χ4n) is 3.29. The number of pyridine rings is 1. The molecule has 0 atom stereocenters. The van der Waals surface area contributed by atoms with Crippen LogP contribution in [0.5, 0.6) is 17.2 Å². The van der Waals surface area contributed by atoms with E-state index in [9.17, 15) is 0 Å². The maximum Gasteiger partial charge on any atom is 0.203 e. The summed E-state index contributed by atoms with van der Waals surface area (Å²) in [7, 11) is 4.78. The van der Waals surface area contributed by atoms with Gasteiger partial charge in [-0.25, -0.2) is 4.98 Å². The molecule has 2 aromatic heterocycles. The molecule has 0 saturated carbocycles. The van der Waals surface area contributed by atoms with Crippen molar-refractivity contribution in [2.24, 2.45) is 0 Å². The number of nitrogens with zero attached hydrogens (tertiary/aromatic N) is 2. The van der Waals surface area contributed by atoms with Gasteiger partial charge in [-0.3, -0.25) is 5.10 Å². The summed E-state index contributed by atoms with van der Waals surface area (Å²) in [5.74, 6) is 1.70. The molecule has 1 N–H and O–H groups in total. The zero-order valence-corrected chi connectivity index (χ0v) is 16.5. The number of fused-ring (bicyclic) bond motifs is 1. The molecule has 0 saturated heterocycles. The maximum atomic E-state index is 5.50. The predicted octanol–water partition coefficient (Wildman–Crippen LogP) is 4.82. The molecule has 146 valence electrons. The van der Waals surface area contributed by atoms with E-state index in [0.29, 0.717) is 22.9 Å². The van der Waals surface area contributed by atoms with Crippen molar-refractivity contribution in [2.45, 2.75) is 0 Å². The number of nitrogens with one attached hydrogen (secondary N) is 1. The molecule has 0 aliphatic rings. The number of hydrogen-bond acceptors (Lipinski definition) is 5. The summed E-state index contributed by atoms with van der Waals surface area (Å²) >= 11 is 0. The first-order valence-electron chi connectivity index (χ1n) is 9.11. The molecule has 4 rings (SSSR count). The SMILES string of the molecule is COc1cc(-c2[nH]nc3nccc(/C=C/c4ccccc4)c23)cc(OC)c1OC. The van der Waals surface area contributed by atoms with Gasteiger partial charge in [-0.15, -0.1) is 0 Å². The second-order valence-corrected chi connectivity index (χ2v) is 6.36. The van der Waals surface area contributed by atoms with Crippen LogP contribution in [-0.2, 0) is 0 Å². The summed E-state index contributed by atoms with van der Waals surface area (Å²) in [5.41, 5.74) is 4.47. The summed E-state index contributed by atoms with van der Waals surface area (Å²) in [6.45, 7) is 0. The van der Waals surface area contributed by atoms with E-state index in [2.05, 4.69) is 39.5 Å². The largest absolute Gasteiger partial charge is 0.493 e. The minimum absolute atomic E-state index is 0.546. The highest BCUT2D eigenvalue weighted by Crippen LogP contribution is 2.42. The highest BCUT2D eigenvalue weighted by molar-refractivity contribution is 5.99. The van der Waals surface area contributed by atoms with Gasteiger partial charge in [0.05, 0.1) is 32.4 Å². The normalized spacial score (nSPS) is 11.1. The van der Waals surface area contributed by atoms with Crippen LogP contribution in [0.25, 0.3) is 34.4 Å². The molecule has 0 bridgehead atoms. The molecule has 2 heterocycles. The standard InChI is InChI=1S/C23H21N3O3/c1-27-18-13-17(14-19(28-2)22(18)29-3)21-20-16(11-12-24-23(20)26-25-21)10-9-15-7-5-4-6-8-15/h4-14H,1-3H3,(H,24,25,26)/b10-9+. The summed E-state index contributed by atoms with van der Waals surface area (Å²) in [6.07, 6.45) is 5.89. The first-order valence-corrected chi connectivity index (χ1v) is 9.11. The molecule has 0 unspecified atom stereocenters. The van der Waals surface area contributed by atoms with Gasteiger partial charge >= 0.3 is 0 Å². The summed E-state index contributed by atoms with van der Waals surface area (Å²) in [5, 5.41) is 8.42. The predicted molar refractivity (Wildman–Crippen MR) is 114 cm³/mol. The Bertz CT molecular complexity index is 1140. The van der Waals surface area contributed by atoms with E-state index in [-0.39, 0.29) is 0 Å². The van der Waals surface area contributed by atoms with Gasteiger partial charge in [0.1, 0.15) is 0 Å². The van der Waals surface area contributed by atoms with Crippen molar-refractivity contribution in [2.75, 3.05) is 21.3 Å². The Labute approximate surface area is 168 Å². The highest BCUT2D eigenvalue weighted by atomic mass is 16.5. The number of H-pyrrole nitrogens is 1. The van der Waals surface area contributed by atoms with E-state index in [1.807, 2.05) is 36.4 Å². The molecule has 0 aliphatic heterocycles. The molecule has 6 nitrogen and oxygen atoms in total. The van der Waals surface area contributed by atoms with Gasteiger partial charge < -0.3 is 14.2 Å². The van der Waals surface area contributed by atoms with Crippen LogP contribution in [0.3, 0.4) is 0 Å². The van der Waals surface area contributed by atoms with Crippen molar-refractivity contribution in [1.29, 1.82) is 0 Å². The molecule has 0 fully saturated rings. The molecule has 0 amide bonds. The van der Waals surface area contributed by atoms with Crippen LogP contribution in [0.2, 0.25) is 0 Å². The number of methoxy groups -OCH3 is 3. The average molecular weight is 387 g/mol. The van der Waals surface area contributed by atoms with E-state index in [0.717, 1.165) is 27.8 Å². The smallest absolute Gasteiger partial charge is 0.203 e. The van der Waals surface area contributed by atoms with E-state index in [1.165, 1.54) is 0 Å². The fourth-order valence-corrected chi connectivity index (χ4v) is 3.29. The molecule has 4 aromatic rings. The van der Waals surface area contributed by atoms with E-state index in [4.69, 9.17) is 14.2 Å². The van der Waals surface area contributed by atoms with Crippen molar-refractivity contribution in [1.82, 2.24) is 15.2 Å². The lowest BCUT2D eigenvalue weighted by Crippen LogP contribution is -1.96. The van der Waals surface area contributed by atoms with Crippen LogP contribution in [0.4, 0.5) is 0 Å². The molecular formula is C23H21N3O3. The van der Waals surface area contributed by atoms with Crippen molar-refractivity contribution in [3.8, 4) is 28.5 Å². The second-order valence-electron chi connectivity index (χ2n) is 6.36. The number of hydrogen-bond donors (Lipinski definition) is 1. The lowest BCUT2D eigenvalue weighted by Gasteiger charge is -2.14. The van der Waals surface area contributed by atoms with Crippen LogP contribution in [0.15, 0.2) is 54.7 Å². The third-order valence-electron chi connectivity index (χ3n) is 4.70. The molecule has 0 radical (unpaired) electrons. The molecule has 6 heteroatoms. The highest BCUT2D eigenvalue weighted by Gasteiger charge is 2.18. The van der Waals surface area contributed by atoms with E-state index in [1.54, 1.807) is 27.5 Å². The first kappa shape index (κ1) is 18.6. The third kappa shape index (κ3) is 3.52. The summed E-state index contributed by atoms with van der Waals surface area (Å²) < 4.78 is 16.4. The first-order chi connectivity index (χ1) is 14.2. The zero-order valence-electron chi connectivity index (χ0n) is 16.5. The van der Waals surface area contributed by atoms with Gasteiger partial charge in [0, 0.05) is 11.8 Å². The monoisotopic (exact) mass is 387 g/mol. The third-order valence-corrected chi connectivity index (χ3v) is 4.70. The van der Waals surface area contributed by atoms with Crippen LogP contribution >= 0.6 is 0 Å². The fraction of sp³-hybridized carbons (Fsp3) is 0.130. The van der Waals surface area contributed by atoms with Gasteiger partial charge in [0.15, 0.2) is 17.1 Å². The molecule has 29 heavy (non-hydrogen) atoms. The topological polar surface area (TPSA) is 69.3 Å². The van der Waals surface area contributed by atoms with Crippen molar-refractivity contribution in [3.05, 3.63) is 65.9 Å². The Morgan fingerprint density at radius 3 is 2.24 bits per heavy atom. The van der Waals surface area contributed by atoms with Crippen molar-refractivity contribution >= 4 is 23.2 Å². The number of aromatic nitrogens is 3. The van der Waals surface area contributed by atoms with Crippen LogP contribution < -0.4 is 14.2 Å². The minimum Gasteiger partial charge on any atom is -0.493 e. The number of aromatic amines is 1. The Balaban J connectivity index is 1.87. The van der Waals surface area contributed by atoms with Gasteiger partial charge in [0.25, 0.3) is 0 Å². The van der Waals surface area contributed by atoms with Crippen molar-refractivity contribution < 1.29 is 14.2 Å². The zero-order chi connectivity index (χ0) is 20.2. The van der Waals surface area contributed by atoms with Gasteiger partial charge in [-0.2, -0.15) is 5.10 Å². The van der Waals surface area contributed by atoms with Crippen LogP contribution in [0, 0.1) is 0 Å². The van der Waals surface area contributed by atoms with Crippen molar-refractivity contribution in [3.63, 3.8) is 0 Å². The second kappa shape index (κ2) is 8.06. The number of rotatable bonds is 6. The molecule has 2 aromatic carbocycles. The van der Waals surface area contributed by atoms with Crippen LogP contribution in [0.1, 0.15) is 11.1 Å². The molecular weight excluding hydrogens is 366 g/mol. The molecule has 0 aliphatic carbocycles. The lowest BCUT2D eigenvalue weighted by molar-refractivity contribution is 0.324. The summed E-state index contributed by atoms with van der Waals surface area (Å²) in [4.78, 5) is 4.40. The van der Waals surface area contributed by atoms with E-state index < -0.39 is 0 Å². The number of benzene rings is 2. The molecule has 0 spiro atoms. The van der Waals surface area contributed by atoms with Gasteiger partial charge in [0.2, 0.25) is 5.75 Å². The van der Waals surface area contributed by atoms with Gasteiger partial charge in [-0.1, -0.05) is 42.5 Å². The number of ether oxygens (including phenoxy) is 3. The summed E-state index contributed by atoms with van der Waals surface area (Å²) in [6, 6.07) is 15.9.